The van der Waals surface area contributed by atoms with Gasteiger partial charge in [0, 0.05) is 10.7 Å². The van der Waals surface area contributed by atoms with Gasteiger partial charge in [0.1, 0.15) is 11.2 Å². The number of hydrogen-bond acceptors (Lipinski definition) is 4. The van der Waals surface area contributed by atoms with Gasteiger partial charge >= 0.3 is 5.97 Å². The van der Waals surface area contributed by atoms with E-state index in [4.69, 9.17) is 22.4 Å². The lowest BCUT2D eigenvalue weighted by atomic mass is 10.2. The van der Waals surface area contributed by atoms with E-state index in [9.17, 15) is 14.4 Å². The molecule has 4 N–H and O–H groups in total. The number of rotatable bonds is 5. The molecule has 0 aliphatic carbocycles. The normalized spacial score (nSPS) is 11.7. The van der Waals surface area contributed by atoms with Crippen LogP contribution in [0, 0.1) is 0 Å². The third kappa shape index (κ3) is 4.49. The Morgan fingerprint density at radius 2 is 2.16 bits per heavy atom. The lowest BCUT2D eigenvalue weighted by molar-refractivity contribution is -0.140. The van der Waals surface area contributed by atoms with Gasteiger partial charge in [-0.2, -0.15) is 0 Å². The van der Waals surface area contributed by atoms with Gasteiger partial charge in [-0.3, -0.25) is 9.59 Å². The summed E-state index contributed by atoms with van der Waals surface area (Å²) >= 11 is 8.84. The molecule has 0 aliphatic rings. The summed E-state index contributed by atoms with van der Waals surface area (Å²) in [6.45, 7) is 0. The van der Waals surface area contributed by atoms with Gasteiger partial charge in [-0.1, -0.05) is 11.6 Å². The molecule has 0 unspecified atom stereocenters. The van der Waals surface area contributed by atoms with Crippen molar-refractivity contribution in [3.05, 3.63) is 27.5 Å². The van der Waals surface area contributed by atoms with Crippen molar-refractivity contribution >= 4 is 45.3 Å². The van der Waals surface area contributed by atoms with E-state index in [-0.39, 0.29) is 10.7 Å². The number of nitrogens with one attached hydrogen (secondary N) is 1. The summed E-state index contributed by atoms with van der Waals surface area (Å²) in [5.41, 5.74) is 4.89. The molecule has 7 nitrogen and oxygen atoms in total. The lowest BCUT2D eigenvalue weighted by Crippen LogP contribution is -2.43. The number of aliphatic carboxylic acids is 1. The number of primary amides is 1. The second-order valence-corrected chi connectivity index (χ2v) is 4.80. The topological polar surface area (TPSA) is 122 Å². The minimum atomic E-state index is -1.42. The predicted octanol–water partition coefficient (Wildman–Crippen LogP) is 0.556. The van der Waals surface area contributed by atoms with Crippen molar-refractivity contribution in [3.63, 3.8) is 0 Å². The van der Waals surface area contributed by atoms with Gasteiger partial charge in [0.2, 0.25) is 5.91 Å². The average molecular weight is 351 g/mol. The Morgan fingerprint density at radius 3 is 2.68 bits per heavy atom. The Bertz CT molecular complexity index is 538. The van der Waals surface area contributed by atoms with E-state index in [2.05, 4.69) is 26.2 Å². The summed E-state index contributed by atoms with van der Waals surface area (Å²) in [7, 11) is 0. The van der Waals surface area contributed by atoms with Crippen molar-refractivity contribution in [2.24, 2.45) is 5.73 Å². The first-order valence-corrected chi connectivity index (χ1v) is 6.11. The fourth-order valence-corrected chi connectivity index (χ4v) is 1.74. The van der Waals surface area contributed by atoms with E-state index in [0.29, 0.717) is 4.47 Å². The first-order valence-electron chi connectivity index (χ1n) is 4.94. The van der Waals surface area contributed by atoms with E-state index in [1.165, 1.54) is 12.3 Å². The number of amides is 2. The number of hydrogen-bond donors (Lipinski definition) is 3. The molecule has 0 spiro atoms. The zero-order valence-electron chi connectivity index (χ0n) is 9.39. The second kappa shape index (κ2) is 6.48. The summed E-state index contributed by atoms with van der Waals surface area (Å²) in [5, 5.41) is 10.9. The third-order valence-electron chi connectivity index (χ3n) is 2.06. The number of carbonyl (C=O) groups is 3. The Hall–Kier alpha value is -1.67. The molecule has 0 radical (unpaired) electrons. The van der Waals surface area contributed by atoms with Crippen LogP contribution in [0.15, 0.2) is 16.7 Å². The van der Waals surface area contributed by atoms with Crippen LogP contribution < -0.4 is 11.1 Å². The molecular weight excluding hydrogens is 341 g/mol. The zero-order chi connectivity index (χ0) is 14.6. The lowest BCUT2D eigenvalue weighted by Gasteiger charge is -2.13. The number of halogens is 2. The van der Waals surface area contributed by atoms with Crippen LogP contribution in [0.2, 0.25) is 5.15 Å². The monoisotopic (exact) mass is 349 g/mol. The molecule has 0 aromatic carbocycles. The van der Waals surface area contributed by atoms with E-state index in [0.717, 1.165) is 0 Å². The molecule has 0 aliphatic heterocycles. The van der Waals surface area contributed by atoms with Crippen molar-refractivity contribution < 1.29 is 19.5 Å². The number of aromatic nitrogens is 1. The molecule has 1 rings (SSSR count). The summed E-state index contributed by atoms with van der Waals surface area (Å²) in [6.07, 6.45) is 0.872. The van der Waals surface area contributed by atoms with Crippen LogP contribution in [0.3, 0.4) is 0 Å². The molecule has 1 aromatic heterocycles. The number of carboxylic acid groups (broad SMARTS) is 1. The number of nitrogens with two attached hydrogens (primary N) is 1. The van der Waals surface area contributed by atoms with Gasteiger partial charge in [0.05, 0.1) is 12.0 Å². The average Bonchev–Trinajstić information content (AvgIpc) is 2.30. The highest BCUT2D eigenvalue weighted by molar-refractivity contribution is 9.10. The van der Waals surface area contributed by atoms with E-state index < -0.39 is 30.2 Å². The highest BCUT2D eigenvalue weighted by Crippen LogP contribution is 2.18. The largest absolute Gasteiger partial charge is 0.480 e. The minimum Gasteiger partial charge on any atom is -0.480 e. The van der Waals surface area contributed by atoms with Crippen LogP contribution in [0.25, 0.3) is 0 Å². The maximum absolute atomic E-state index is 11.8. The zero-order valence-corrected chi connectivity index (χ0v) is 11.7. The van der Waals surface area contributed by atoms with Gasteiger partial charge in [-0.15, -0.1) is 0 Å². The van der Waals surface area contributed by atoms with Gasteiger partial charge in [-0.25, -0.2) is 9.78 Å². The SMILES string of the molecule is NC(=O)C[C@H](NC(=O)c1cc(Br)cnc1Cl)C(=O)O. The highest BCUT2D eigenvalue weighted by Gasteiger charge is 2.24. The molecule has 2 amide bonds. The summed E-state index contributed by atoms with van der Waals surface area (Å²) in [4.78, 5) is 37.2. The molecule has 1 heterocycles. The quantitative estimate of drug-likeness (QED) is 0.670. The van der Waals surface area contributed by atoms with Crippen molar-refractivity contribution in [1.82, 2.24) is 10.3 Å². The van der Waals surface area contributed by atoms with Crippen molar-refractivity contribution in [1.29, 1.82) is 0 Å². The van der Waals surface area contributed by atoms with Gasteiger partial charge in [0.15, 0.2) is 0 Å². The van der Waals surface area contributed by atoms with Gasteiger partial charge < -0.3 is 16.2 Å². The molecule has 19 heavy (non-hydrogen) atoms. The van der Waals surface area contributed by atoms with Crippen LogP contribution in [0.1, 0.15) is 16.8 Å². The molecule has 1 aromatic rings. The Balaban J connectivity index is 2.90. The predicted molar refractivity (Wildman–Crippen MR) is 69.6 cm³/mol. The molecule has 0 saturated heterocycles. The first-order chi connectivity index (χ1) is 8.81. The van der Waals surface area contributed by atoms with Gasteiger partial charge in [-0.05, 0) is 22.0 Å². The first kappa shape index (κ1) is 15.4. The fourth-order valence-electron chi connectivity index (χ4n) is 1.22. The van der Waals surface area contributed by atoms with Crippen molar-refractivity contribution in [2.75, 3.05) is 0 Å². The maximum Gasteiger partial charge on any atom is 0.326 e. The molecular formula is C10H9BrClN3O4. The van der Waals surface area contributed by atoms with E-state index in [1.807, 2.05) is 0 Å². The molecule has 102 valence electrons. The van der Waals surface area contributed by atoms with Crippen LogP contribution in [-0.4, -0.2) is 33.9 Å². The van der Waals surface area contributed by atoms with Crippen LogP contribution in [0.4, 0.5) is 0 Å². The van der Waals surface area contributed by atoms with Crippen LogP contribution in [0.5, 0.6) is 0 Å². The number of nitrogens with zero attached hydrogens (tertiary/aromatic N) is 1. The van der Waals surface area contributed by atoms with E-state index in [1.54, 1.807) is 0 Å². The number of pyridine rings is 1. The molecule has 0 fully saturated rings. The molecule has 0 bridgehead atoms. The Kier molecular flexibility index (Phi) is 5.25. The van der Waals surface area contributed by atoms with Gasteiger partial charge in [0.25, 0.3) is 5.91 Å². The molecule has 9 heteroatoms. The van der Waals surface area contributed by atoms with E-state index >= 15 is 0 Å². The number of carbonyl (C=O) groups excluding carboxylic acids is 2. The maximum atomic E-state index is 11.8. The highest BCUT2D eigenvalue weighted by atomic mass is 79.9. The molecule has 1 atom stereocenters. The second-order valence-electron chi connectivity index (χ2n) is 3.53. The summed E-state index contributed by atoms with van der Waals surface area (Å²) in [5.74, 6) is -2.97. The van der Waals surface area contributed by atoms with Crippen molar-refractivity contribution in [2.45, 2.75) is 12.5 Å². The van der Waals surface area contributed by atoms with Crippen LogP contribution >= 0.6 is 27.5 Å². The van der Waals surface area contributed by atoms with Crippen molar-refractivity contribution in [3.8, 4) is 0 Å². The third-order valence-corrected chi connectivity index (χ3v) is 2.79. The Labute approximate surface area is 121 Å². The fraction of sp³-hybridized carbons (Fsp3) is 0.200. The standard InChI is InChI=1S/C10H9BrClN3O4/c11-4-1-5(8(12)14-3-4)9(17)15-6(10(18)19)2-7(13)16/h1,3,6H,2H2,(H2,13,16)(H,15,17)(H,18,19)/t6-/m0/s1. The minimum absolute atomic E-state index is 0.00763. The molecule has 0 saturated carbocycles. The van der Waals surface area contributed by atoms with Crippen LogP contribution in [-0.2, 0) is 9.59 Å². The summed E-state index contributed by atoms with van der Waals surface area (Å²) < 4.78 is 0.504. The summed E-state index contributed by atoms with van der Waals surface area (Å²) in [6, 6.07) is -0.0338. The Morgan fingerprint density at radius 1 is 1.53 bits per heavy atom. The number of carboxylic acids is 1. The smallest absolute Gasteiger partial charge is 0.326 e.